The van der Waals surface area contributed by atoms with Crippen molar-refractivity contribution < 1.29 is 9.59 Å². The zero-order chi connectivity index (χ0) is 13.9. The molecule has 0 saturated carbocycles. The van der Waals surface area contributed by atoms with Gasteiger partial charge >= 0.3 is 0 Å². The molecule has 0 radical (unpaired) electrons. The van der Waals surface area contributed by atoms with E-state index in [0.717, 1.165) is 5.56 Å². The van der Waals surface area contributed by atoms with Gasteiger partial charge in [0.2, 0.25) is 5.91 Å². The van der Waals surface area contributed by atoms with Gasteiger partial charge in [-0.3, -0.25) is 9.59 Å². The minimum absolute atomic E-state index is 0.228. The molecule has 0 spiro atoms. The van der Waals surface area contributed by atoms with Gasteiger partial charge in [-0.25, -0.2) is 4.98 Å². The molecule has 0 fully saturated rings. The summed E-state index contributed by atoms with van der Waals surface area (Å²) in [7, 11) is 0. The quantitative estimate of drug-likeness (QED) is 0.863. The number of pyridine rings is 1. The van der Waals surface area contributed by atoms with E-state index in [1.165, 1.54) is 6.20 Å². The standard InChI is InChI=1S/C15H13N3O2/c19-14-12(9-10-5-2-1-3-6-10)18-15(20)13-11(17-14)7-4-8-16-13/h1-8,12H,9H2,(H,17,19)(H,18,20)/t12-/m0/s1. The summed E-state index contributed by atoms with van der Waals surface area (Å²) in [4.78, 5) is 28.3. The number of carbonyl (C=O) groups is 2. The summed E-state index contributed by atoms with van der Waals surface area (Å²) in [6.07, 6.45) is 1.98. The fraction of sp³-hybridized carbons (Fsp3) is 0.133. The predicted molar refractivity (Wildman–Crippen MR) is 74.3 cm³/mol. The van der Waals surface area contributed by atoms with Crippen LogP contribution in [0.3, 0.4) is 0 Å². The monoisotopic (exact) mass is 267 g/mol. The molecular formula is C15H13N3O2. The van der Waals surface area contributed by atoms with Crippen molar-refractivity contribution in [2.45, 2.75) is 12.5 Å². The zero-order valence-corrected chi connectivity index (χ0v) is 10.7. The van der Waals surface area contributed by atoms with Crippen LogP contribution in [0, 0.1) is 0 Å². The third kappa shape index (κ3) is 2.38. The lowest BCUT2D eigenvalue weighted by atomic mass is 10.1. The Morgan fingerprint density at radius 2 is 1.85 bits per heavy atom. The second kappa shape index (κ2) is 5.13. The number of benzene rings is 1. The second-order valence-electron chi connectivity index (χ2n) is 4.60. The van der Waals surface area contributed by atoms with E-state index < -0.39 is 6.04 Å². The molecule has 20 heavy (non-hydrogen) atoms. The number of rotatable bonds is 2. The third-order valence-corrected chi connectivity index (χ3v) is 3.19. The summed E-state index contributed by atoms with van der Waals surface area (Å²) in [6.45, 7) is 0. The van der Waals surface area contributed by atoms with Gasteiger partial charge in [-0.15, -0.1) is 0 Å². The fourth-order valence-corrected chi connectivity index (χ4v) is 2.19. The van der Waals surface area contributed by atoms with Gasteiger partial charge in [0, 0.05) is 12.6 Å². The van der Waals surface area contributed by atoms with E-state index >= 15 is 0 Å². The van der Waals surface area contributed by atoms with Gasteiger partial charge < -0.3 is 10.6 Å². The summed E-state index contributed by atoms with van der Waals surface area (Å²) in [5.74, 6) is -0.561. The highest BCUT2D eigenvalue weighted by Crippen LogP contribution is 2.17. The summed E-state index contributed by atoms with van der Waals surface area (Å²) in [6, 6.07) is 12.3. The van der Waals surface area contributed by atoms with Crippen molar-refractivity contribution >= 4 is 17.5 Å². The Balaban J connectivity index is 1.86. The molecule has 0 unspecified atom stereocenters. The van der Waals surface area contributed by atoms with Gasteiger partial charge in [-0.05, 0) is 17.7 Å². The van der Waals surface area contributed by atoms with E-state index in [-0.39, 0.29) is 17.5 Å². The predicted octanol–water partition coefficient (Wildman–Crippen LogP) is 1.37. The molecule has 2 N–H and O–H groups in total. The van der Waals surface area contributed by atoms with Crippen molar-refractivity contribution in [2.24, 2.45) is 0 Å². The Bertz CT molecular complexity index is 655. The average molecular weight is 267 g/mol. The Labute approximate surface area is 116 Å². The molecule has 0 bridgehead atoms. The normalized spacial score (nSPS) is 17.7. The maximum Gasteiger partial charge on any atom is 0.272 e. The lowest BCUT2D eigenvalue weighted by Crippen LogP contribution is -2.42. The lowest BCUT2D eigenvalue weighted by Gasteiger charge is -2.14. The number of carbonyl (C=O) groups excluding carboxylic acids is 2. The molecule has 5 heteroatoms. The van der Waals surface area contributed by atoms with Gasteiger partial charge in [0.05, 0.1) is 5.69 Å². The highest BCUT2D eigenvalue weighted by Gasteiger charge is 2.28. The van der Waals surface area contributed by atoms with Crippen LogP contribution in [0.25, 0.3) is 0 Å². The van der Waals surface area contributed by atoms with Gasteiger partial charge in [-0.1, -0.05) is 30.3 Å². The first kappa shape index (κ1) is 12.3. The van der Waals surface area contributed by atoms with Gasteiger partial charge in [-0.2, -0.15) is 0 Å². The Hall–Kier alpha value is -2.69. The maximum absolute atomic E-state index is 12.2. The van der Waals surface area contributed by atoms with E-state index in [1.54, 1.807) is 12.1 Å². The molecule has 0 saturated heterocycles. The van der Waals surface area contributed by atoms with Crippen molar-refractivity contribution in [2.75, 3.05) is 5.32 Å². The zero-order valence-electron chi connectivity index (χ0n) is 10.7. The third-order valence-electron chi connectivity index (χ3n) is 3.19. The molecule has 1 atom stereocenters. The van der Waals surface area contributed by atoms with E-state index in [1.807, 2.05) is 30.3 Å². The molecule has 1 aromatic carbocycles. The molecule has 2 aromatic rings. The van der Waals surface area contributed by atoms with Gasteiger partial charge in [0.25, 0.3) is 5.91 Å². The fourth-order valence-electron chi connectivity index (χ4n) is 2.19. The number of aromatic nitrogens is 1. The first-order valence-corrected chi connectivity index (χ1v) is 6.35. The molecule has 3 rings (SSSR count). The smallest absolute Gasteiger partial charge is 0.272 e. The molecule has 1 aromatic heterocycles. The first-order chi connectivity index (χ1) is 9.74. The summed E-state index contributed by atoms with van der Waals surface area (Å²) < 4.78 is 0. The van der Waals surface area contributed by atoms with E-state index in [0.29, 0.717) is 12.1 Å². The largest absolute Gasteiger partial charge is 0.338 e. The Morgan fingerprint density at radius 1 is 1.05 bits per heavy atom. The number of hydrogen-bond donors (Lipinski definition) is 2. The van der Waals surface area contributed by atoms with Crippen LogP contribution in [0.1, 0.15) is 16.1 Å². The minimum Gasteiger partial charge on any atom is -0.338 e. The van der Waals surface area contributed by atoms with Gasteiger partial charge in [0.15, 0.2) is 5.69 Å². The SMILES string of the molecule is O=C1N[C@@H](Cc2ccccc2)C(=O)Nc2cccnc21. The van der Waals surface area contributed by atoms with E-state index in [9.17, 15) is 9.59 Å². The average Bonchev–Trinajstić information content (AvgIpc) is 2.58. The topological polar surface area (TPSA) is 71.1 Å². The molecule has 0 aliphatic carbocycles. The molecule has 2 amide bonds. The van der Waals surface area contributed by atoms with E-state index in [4.69, 9.17) is 0 Å². The number of hydrogen-bond acceptors (Lipinski definition) is 3. The summed E-state index contributed by atoms with van der Waals surface area (Å²) in [5.41, 5.74) is 1.69. The van der Waals surface area contributed by atoms with Crippen LogP contribution in [0.4, 0.5) is 5.69 Å². The Morgan fingerprint density at radius 3 is 2.65 bits per heavy atom. The Kier molecular flexibility index (Phi) is 3.16. The van der Waals surface area contributed by atoms with Crippen LogP contribution in [-0.2, 0) is 11.2 Å². The molecule has 5 nitrogen and oxygen atoms in total. The number of fused-ring (bicyclic) bond motifs is 1. The summed E-state index contributed by atoms with van der Waals surface area (Å²) >= 11 is 0. The van der Waals surface area contributed by atoms with Crippen LogP contribution < -0.4 is 10.6 Å². The number of nitrogens with zero attached hydrogens (tertiary/aromatic N) is 1. The van der Waals surface area contributed by atoms with Crippen molar-refractivity contribution in [1.82, 2.24) is 10.3 Å². The minimum atomic E-state index is -0.598. The highest BCUT2D eigenvalue weighted by molar-refractivity contribution is 6.08. The van der Waals surface area contributed by atoms with Crippen LogP contribution in [-0.4, -0.2) is 22.8 Å². The van der Waals surface area contributed by atoms with Crippen molar-refractivity contribution in [3.05, 3.63) is 59.9 Å². The molecular weight excluding hydrogens is 254 g/mol. The van der Waals surface area contributed by atoms with Crippen LogP contribution in [0.2, 0.25) is 0 Å². The number of nitrogens with one attached hydrogen (secondary N) is 2. The maximum atomic E-state index is 12.2. The van der Waals surface area contributed by atoms with Crippen LogP contribution in [0.15, 0.2) is 48.7 Å². The first-order valence-electron chi connectivity index (χ1n) is 6.35. The van der Waals surface area contributed by atoms with Crippen molar-refractivity contribution in [3.63, 3.8) is 0 Å². The lowest BCUT2D eigenvalue weighted by molar-refractivity contribution is -0.117. The second-order valence-corrected chi connectivity index (χ2v) is 4.60. The van der Waals surface area contributed by atoms with E-state index in [2.05, 4.69) is 15.6 Å². The van der Waals surface area contributed by atoms with Crippen LogP contribution >= 0.6 is 0 Å². The van der Waals surface area contributed by atoms with Crippen LogP contribution in [0.5, 0.6) is 0 Å². The van der Waals surface area contributed by atoms with Crippen molar-refractivity contribution in [1.29, 1.82) is 0 Å². The van der Waals surface area contributed by atoms with Gasteiger partial charge in [0.1, 0.15) is 6.04 Å². The van der Waals surface area contributed by atoms with Crippen molar-refractivity contribution in [3.8, 4) is 0 Å². The molecule has 1 aliphatic heterocycles. The summed E-state index contributed by atoms with van der Waals surface area (Å²) in [5, 5.41) is 5.46. The molecule has 100 valence electrons. The molecule has 2 heterocycles. The highest BCUT2D eigenvalue weighted by atomic mass is 16.2. The molecule has 1 aliphatic rings. The number of anilines is 1. The number of amides is 2.